The van der Waals surface area contributed by atoms with E-state index >= 15 is 0 Å². The van der Waals surface area contributed by atoms with E-state index in [0.717, 1.165) is 36.5 Å². The van der Waals surface area contributed by atoms with Crippen LogP contribution in [0.15, 0.2) is 12.4 Å². The number of carbonyl (C=O) groups is 1. The van der Waals surface area contributed by atoms with Crippen LogP contribution in [-0.4, -0.2) is 26.3 Å². The summed E-state index contributed by atoms with van der Waals surface area (Å²) in [5.41, 5.74) is 0.210. The highest BCUT2D eigenvalue weighted by molar-refractivity contribution is 5.83. The normalized spacial score (nSPS) is 49.9. The fourth-order valence-electron chi connectivity index (χ4n) is 9.42. The van der Waals surface area contributed by atoms with Gasteiger partial charge in [0, 0.05) is 12.1 Å². The van der Waals surface area contributed by atoms with Gasteiger partial charge in [0.2, 0.25) is 0 Å². The number of Topliss-reactive ketones (excluding diaryl/α,β-unsaturated/α-hetero) is 1. The van der Waals surface area contributed by atoms with Crippen molar-refractivity contribution in [3.05, 3.63) is 18.0 Å². The van der Waals surface area contributed by atoms with Gasteiger partial charge in [-0.3, -0.25) is 9.48 Å². The molecular weight excluding hydrogens is 386 g/mol. The Balaban J connectivity index is 1.22. The fourth-order valence-corrected chi connectivity index (χ4v) is 9.42. The van der Waals surface area contributed by atoms with E-state index in [9.17, 15) is 9.90 Å². The van der Waals surface area contributed by atoms with Crippen molar-refractivity contribution in [3.8, 4) is 6.07 Å². The molecule has 1 aromatic heterocycles. The number of carbonyl (C=O) groups excluding carboxylic acids is 1. The van der Waals surface area contributed by atoms with E-state index in [1.54, 1.807) is 17.1 Å². The molecule has 0 bridgehead atoms. The summed E-state index contributed by atoms with van der Waals surface area (Å²) in [5, 5.41) is 23.9. The van der Waals surface area contributed by atoms with Gasteiger partial charge in [0.1, 0.15) is 6.07 Å². The Kier molecular flexibility index (Phi) is 4.30. The number of rotatable bonds is 3. The maximum absolute atomic E-state index is 13.5. The number of ketones is 1. The molecule has 0 aromatic carbocycles. The smallest absolute Gasteiger partial charge is 0.158 e. The van der Waals surface area contributed by atoms with Crippen LogP contribution in [0.2, 0.25) is 0 Å². The Morgan fingerprint density at radius 2 is 1.97 bits per heavy atom. The van der Waals surface area contributed by atoms with Gasteiger partial charge in [-0.2, -0.15) is 10.4 Å². The van der Waals surface area contributed by atoms with Gasteiger partial charge in [0.05, 0.1) is 23.9 Å². The molecular formula is C26H35N3O2. The monoisotopic (exact) mass is 421 g/mol. The SMILES string of the molecule is C[C@@]1(O)CC[C@H]2[C@H](CC[C@@H]3[C@@H]2CC[C@@]2(C)[C@H]3[C@@H]3C[C@@H]3[C@@H]2C(=O)Cn2cc(C#N)cn2)C1. The maximum atomic E-state index is 13.5. The fraction of sp³-hybridized carbons (Fsp3) is 0.808. The van der Waals surface area contributed by atoms with Gasteiger partial charge in [-0.25, -0.2) is 0 Å². The molecule has 0 amide bonds. The van der Waals surface area contributed by atoms with E-state index in [0.29, 0.717) is 35.6 Å². The van der Waals surface area contributed by atoms with Crippen molar-refractivity contribution < 1.29 is 9.90 Å². The molecule has 5 aliphatic carbocycles. The summed E-state index contributed by atoms with van der Waals surface area (Å²) in [6.45, 7) is 4.78. The summed E-state index contributed by atoms with van der Waals surface area (Å²) in [7, 11) is 0. The molecule has 0 saturated heterocycles. The van der Waals surface area contributed by atoms with Crippen molar-refractivity contribution in [1.29, 1.82) is 5.26 Å². The minimum atomic E-state index is -0.457. The molecule has 0 aliphatic heterocycles. The summed E-state index contributed by atoms with van der Waals surface area (Å²) in [6.07, 6.45) is 12.7. The van der Waals surface area contributed by atoms with Crippen LogP contribution in [0.1, 0.15) is 70.8 Å². The molecule has 6 rings (SSSR count). The number of aliphatic hydroxyl groups is 1. The number of fused-ring (bicyclic) bond motifs is 7. The van der Waals surface area contributed by atoms with E-state index in [4.69, 9.17) is 5.26 Å². The lowest BCUT2D eigenvalue weighted by molar-refractivity contribution is -0.136. The molecule has 0 radical (unpaired) electrons. The first kappa shape index (κ1) is 20.0. The van der Waals surface area contributed by atoms with Crippen molar-refractivity contribution >= 4 is 5.78 Å². The van der Waals surface area contributed by atoms with Crippen molar-refractivity contribution in [2.45, 2.75) is 77.4 Å². The highest BCUT2D eigenvalue weighted by Gasteiger charge is 2.70. The van der Waals surface area contributed by atoms with Crippen LogP contribution in [0.4, 0.5) is 0 Å². The zero-order chi connectivity index (χ0) is 21.5. The number of nitriles is 1. The van der Waals surface area contributed by atoms with E-state index in [1.807, 2.05) is 6.92 Å². The van der Waals surface area contributed by atoms with Crippen LogP contribution in [0.25, 0.3) is 0 Å². The summed E-state index contributed by atoms with van der Waals surface area (Å²) in [6, 6.07) is 2.11. The lowest BCUT2D eigenvalue weighted by Crippen LogP contribution is -2.52. The highest BCUT2D eigenvalue weighted by atomic mass is 16.3. The predicted octanol–water partition coefficient (Wildman–Crippen LogP) is 4.20. The summed E-state index contributed by atoms with van der Waals surface area (Å²) >= 11 is 0. The molecule has 5 fully saturated rings. The molecule has 5 heteroatoms. The second-order valence-electron chi connectivity index (χ2n) is 12.2. The average Bonchev–Trinajstić information content (AvgIpc) is 3.23. The summed E-state index contributed by atoms with van der Waals surface area (Å²) < 4.78 is 1.67. The lowest BCUT2D eigenvalue weighted by Gasteiger charge is -2.57. The minimum Gasteiger partial charge on any atom is -0.390 e. The van der Waals surface area contributed by atoms with Gasteiger partial charge in [0.25, 0.3) is 0 Å². The average molecular weight is 422 g/mol. The highest BCUT2D eigenvalue weighted by Crippen LogP contribution is 2.74. The van der Waals surface area contributed by atoms with Crippen molar-refractivity contribution in [2.75, 3.05) is 0 Å². The third kappa shape index (κ3) is 2.97. The van der Waals surface area contributed by atoms with Gasteiger partial charge in [0.15, 0.2) is 5.78 Å². The number of aromatic nitrogens is 2. The third-order valence-corrected chi connectivity index (χ3v) is 10.5. The minimum absolute atomic E-state index is 0.143. The Labute approximate surface area is 185 Å². The van der Waals surface area contributed by atoms with Gasteiger partial charge < -0.3 is 5.11 Å². The van der Waals surface area contributed by atoms with Crippen LogP contribution in [0.5, 0.6) is 0 Å². The van der Waals surface area contributed by atoms with Gasteiger partial charge in [-0.1, -0.05) is 6.92 Å². The molecule has 10 atom stereocenters. The quantitative estimate of drug-likeness (QED) is 0.793. The molecule has 5 saturated carbocycles. The van der Waals surface area contributed by atoms with Crippen LogP contribution in [0, 0.1) is 64.1 Å². The Morgan fingerprint density at radius 1 is 1.16 bits per heavy atom. The number of hydrogen-bond donors (Lipinski definition) is 1. The Bertz CT molecular complexity index is 945. The van der Waals surface area contributed by atoms with Crippen LogP contribution < -0.4 is 0 Å². The standard InChI is InChI=1S/C26H35N3O2/c1-25(31)7-5-17-16(10-25)3-4-19-18(17)6-8-26(2)23(19)20-9-21(20)24(26)22(30)14-29-13-15(11-27)12-28-29/h12-13,16-21,23-24,31H,3-10,14H2,1-2H3/t16-,17+,18-,19-,20-,21+,23-,24-,25-,26+/m1/s1. The van der Waals surface area contributed by atoms with E-state index in [2.05, 4.69) is 18.1 Å². The summed E-state index contributed by atoms with van der Waals surface area (Å²) in [5.74, 6) is 5.65. The zero-order valence-electron chi connectivity index (χ0n) is 18.8. The largest absolute Gasteiger partial charge is 0.390 e. The lowest BCUT2D eigenvalue weighted by atomic mass is 9.48. The number of nitrogens with zero attached hydrogens (tertiary/aromatic N) is 3. The van der Waals surface area contributed by atoms with Gasteiger partial charge in [-0.15, -0.1) is 0 Å². The van der Waals surface area contributed by atoms with Crippen LogP contribution in [0.3, 0.4) is 0 Å². The number of hydrogen-bond acceptors (Lipinski definition) is 4. The van der Waals surface area contributed by atoms with Crippen LogP contribution in [-0.2, 0) is 11.3 Å². The first-order valence-electron chi connectivity index (χ1n) is 12.5. The molecule has 5 nitrogen and oxygen atoms in total. The van der Waals surface area contributed by atoms with Crippen LogP contribution >= 0.6 is 0 Å². The van der Waals surface area contributed by atoms with E-state index in [1.165, 1.54) is 38.5 Å². The predicted molar refractivity (Wildman–Crippen MR) is 116 cm³/mol. The molecule has 31 heavy (non-hydrogen) atoms. The second kappa shape index (κ2) is 6.67. The van der Waals surface area contributed by atoms with E-state index < -0.39 is 5.60 Å². The zero-order valence-corrected chi connectivity index (χ0v) is 18.8. The van der Waals surface area contributed by atoms with E-state index in [-0.39, 0.29) is 11.3 Å². The third-order valence-electron chi connectivity index (χ3n) is 10.5. The Hall–Kier alpha value is -1.67. The Morgan fingerprint density at radius 3 is 2.74 bits per heavy atom. The van der Waals surface area contributed by atoms with Crippen molar-refractivity contribution in [1.82, 2.24) is 9.78 Å². The molecule has 1 heterocycles. The maximum Gasteiger partial charge on any atom is 0.158 e. The first-order chi connectivity index (χ1) is 14.8. The summed E-state index contributed by atoms with van der Waals surface area (Å²) in [4.78, 5) is 13.5. The molecule has 0 unspecified atom stereocenters. The molecule has 5 aliphatic rings. The molecule has 1 aromatic rings. The molecule has 0 spiro atoms. The molecule has 1 N–H and O–H groups in total. The topological polar surface area (TPSA) is 78.9 Å². The second-order valence-corrected chi connectivity index (χ2v) is 12.2. The van der Waals surface area contributed by atoms with Gasteiger partial charge in [-0.05, 0) is 105 Å². The van der Waals surface area contributed by atoms with Crippen molar-refractivity contribution in [3.63, 3.8) is 0 Å². The first-order valence-corrected chi connectivity index (χ1v) is 12.5. The van der Waals surface area contributed by atoms with Crippen molar-refractivity contribution in [2.24, 2.45) is 52.8 Å². The molecule has 166 valence electrons. The van der Waals surface area contributed by atoms with Gasteiger partial charge >= 0.3 is 0 Å².